The number of carbonyl (C=O) groups excluding carboxylic acids is 1. The van der Waals surface area contributed by atoms with Crippen LogP contribution in [-0.4, -0.2) is 40.2 Å². The molecule has 0 aliphatic rings. The second-order valence-corrected chi connectivity index (χ2v) is 7.64. The maximum absolute atomic E-state index is 12.7. The minimum absolute atomic E-state index is 0.0349. The summed E-state index contributed by atoms with van der Waals surface area (Å²) in [5.74, 6) is -1.62. The number of aromatic nitrogens is 3. The summed E-state index contributed by atoms with van der Waals surface area (Å²) in [6.07, 6.45) is -4.83. The van der Waals surface area contributed by atoms with Crippen LogP contribution < -0.4 is 19.8 Å². The van der Waals surface area contributed by atoms with Gasteiger partial charge in [-0.25, -0.2) is 4.68 Å². The fourth-order valence-electron chi connectivity index (χ4n) is 2.84. The van der Waals surface area contributed by atoms with Crippen molar-refractivity contribution < 1.29 is 39.9 Å². The Bertz CT molecular complexity index is 1340. The number of alkyl halides is 3. The highest BCUT2D eigenvalue weighted by atomic mass is 32.3. The Morgan fingerprint density at radius 3 is 2.48 bits per heavy atom. The van der Waals surface area contributed by atoms with Gasteiger partial charge in [-0.2, -0.15) is 8.42 Å². The highest BCUT2D eigenvalue weighted by molar-refractivity contribution is 7.81. The molecule has 2 aromatic carbocycles. The molecule has 3 aromatic rings. The van der Waals surface area contributed by atoms with Crippen LogP contribution in [-0.2, 0) is 21.7 Å². The number of nitrogens with zero attached hydrogens (tertiary/aromatic N) is 3. The molecule has 1 atom stereocenters. The summed E-state index contributed by atoms with van der Waals surface area (Å²) < 4.78 is 76.5. The van der Waals surface area contributed by atoms with E-state index in [4.69, 9.17) is 4.55 Å². The van der Waals surface area contributed by atoms with Crippen molar-refractivity contribution >= 4 is 27.2 Å². The summed E-state index contributed by atoms with van der Waals surface area (Å²) >= 11 is 0. The molecule has 0 saturated carbocycles. The Hall–Kier alpha value is -3.72. The molecule has 0 unspecified atom stereocenters. The predicted molar refractivity (Wildman–Crippen MR) is 106 cm³/mol. The maximum atomic E-state index is 12.7. The number of ether oxygens (including phenoxy) is 1. The fourth-order valence-corrected chi connectivity index (χ4v) is 3.21. The number of hydrogen-bond donors (Lipinski definition) is 2. The van der Waals surface area contributed by atoms with E-state index in [1.54, 1.807) is 6.92 Å². The predicted octanol–water partition coefficient (Wildman–Crippen LogP) is 1.75. The Labute approximate surface area is 183 Å². The van der Waals surface area contributed by atoms with Crippen LogP contribution in [0, 0.1) is 0 Å². The lowest BCUT2D eigenvalue weighted by Crippen LogP contribution is -2.35. The van der Waals surface area contributed by atoms with Crippen LogP contribution in [0.4, 0.5) is 13.2 Å². The van der Waals surface area contributed by atoms with Crippen molar-refractivity contribution in [1.82, 2.24) is 20.3 Å². The molecule has 0 radical (unpaired) electrons. The lowest BCUT2D eigenvalue weighted by molar-refractivity contribution is -0.274. The highest BCUT2D eigenvalue weighted by Crippen LogP contribution is 2.24. The average molecular weight is 488 g/mol. The van der Waals surface area contributed by atoms with Crippen molar-refractivity contribution in [2.24, 2.45) is 0 Å². The van der Waals surface area contributed by atoms with Gasteiger partial charge in [0, 0.05) is 0 Å². The summed E-state index contributed by atoms with van der Waals surface area (Å²) in [7, 11) is -4.93. The summed E-state index contributed by atoms with van der Waals surface area (Å²) in [5.41, 5.74) is -0.485. The normalized spacial score (nSPS) is 12.9. The lowest BCUT2D eigenvalue weighted by Gasteiger charge is -2.16. The first-order valence-electron chi connectivity index (χ1n) is 9.01. The van der Waals surface area contributed by atoms with Crippen LogP contribution in [0.3, 0.4) is 0 Å². The smallest absolute Gasteiger partial charge is 0.406 e. The third-order valence-corrected chi connectivity index (χ3v) is 4.58. The molecule has 176 valence electrons. The Kier molecular flexibility index (Phi) is 6.55. The van der Waals surface area contributed by atoms with Crippen LogP contribution >= 0.6 is 0 Å². The number of fused-ring (bicyclic) bond motifs is 1. The van der Waals surface area contributed by atoms with Crippen molar-refractivity contribution in [3.8, 4) is 11.5 Å². The third-order valence-electron chi connectivity index (χ3n) is 4.19. The van der Waals surface area contributed by atoms with Crippen LogP contribution in [0.2, 0.25) is 0 Å². The first kappa shape index (κ1) is 23.9. The zero-order valence-electron chi connectivity index (χ0n) is 16.6. The molecule has 3 rings (SSSR count). The average Bonchev–Trinajstić information content (AvgIpc) is 2.68. The van der Waals surface area contributed by atoms with Gasteiger partial charge >= 0.3 is 16.8 Å². The van der Waals surface area contributed by atoms with E-state index in [2.05, 4.69) is 24.5 Å². The molecule has 1 aromatic heterocycles. The van der Waals surface area contributed by atoms with Gasteiger partial charge in [-0.1, -0.05) is 23.4 Å². The van der Waals surface area contributed by atoms with E-state index < -0.39 is 52.3 Å². The van der Waals surface area contributed by atoms with Gasteiger partial charge in [0.15, 0.2) is 5.75 Å². The first-order valence-corrected chi connectivity index (χ1v) is 10.4. The molecule has 1 amide bonds. The SMILES string of the molecule is C[C@H](NC(=O)Cn1nnc2cccc(OS(=O)(=O)O)c2c1=O)c1ccc(OC(F)(F)F)cc1. The summed E-state index contributed by atoms with van der Waals surface area (Å²) in [6, 6.07) is 7.95. The number of hydrogen-bond acceptors (Lipinski definition) is 8. The maximum Gasteiger partial charge on any atom is 0.573 e. The summed E-state index contributed by atoms with van der Waals surface area (Å²) in [5, 5.41) is 9.56. The number of nitrogens with one attached hydrogen (secondary N) is 1. The van der Waals surface area contributed by atoms with Gasteiger partial charge < -0.3 is 14.2 Å². The van der Waals surface area contributed by atoms with Crippen molar-refractivity contribution in [2.75, 3.05) is 0 Å². The van der Waals surface area contributed by atoms with E-state index >= 15 is 0 Å². The van der Waals surface area contributed by atoms with Crippen LogP contribution in [0.25, 0.3) is 10.9 Å². The molecule has 0 aliphatic carbocycles. The fraction of sp³-hybridized carbons (Fsp3) is 0.222. The molecule has 0 fully saturated rings. The van der Waals surface area contributed by atoms with Crippen LogP contribution in [0.15, 0.2) is 47.3 Å². The number of halogens is 3. The second-order valence-electron chi connectivity index (χ2n) is 6.62. The van der Waals surface area contributed by atoms with Crippen LogP contribution in [0.5, 0.6) is 11.5 Å². The minimum Gasteiger partial charge on any atom is -0.406 e. The molecular formula is C18H15F3N4O7S. The Morgan fingerprint density at radius 2 is 1.88 bits per heavy atom. The summed E-state index contributed by atoms with van der Waals surface area (Å²) in [6.45, 7) is 0.950. The number of benzene rings is 2. The third kappa shape index (κ3) is 6.39. The molecule has 1 heterocycles. The number of carbonyl (C=O) groups is 1. The van der Waals surface area contributed by atoms with Crippen molar-refractivity contribution in [1.29, 1.82) is 0 Å². The van der Waals surface area contributed by atoms with Gasteiger partial charge in [0.2, 0.25) is 5.91 Å². The molecular weight excluding hydrogens is 473 g/mol. The monoisotopic (exact) mass is 488 g/mol. The molecule has 0 saturated heterocycles. The van der Waals surface area contributed by atoms with E-state index in [-0.39, 0.29) is 10.9 Å². The molecule has 0 aliphatic heterocycles. The van der Waals surface area contributed by atoms with Gasteiger partial charge in [-0.15, -0.1) is 18.3 Å². The van der Waals surface area contributed by atoms with Crippen molar-refractivity contribution in [2.45, 2.75) is 25.9 Å². The number of amides is 1. The summed E-state index contributed by atoms with van der Waals surface area (Å²) in [4.78, 5) is 25.1. The topological polar surface area (TPSA) is 150 Å². The lowest BCUT2D eigenvalue weighted by atomic mass is 10.1. The van der Waals surface area contributed by atoms with E-state index in [9.17, 15) is 31.2 Å². The molecule has 0 spiro atoms. The molecule has 15 heteroatoms. The second kappa shape index (κ2) is 9.03. The largest absolute Gasteiger partial charge is 0.573 e. The standard InChI is InChI=1S/C18H15F3N4O7S/c1-10(11-5-7-12(8-6-11)31-18(19,20)21)22-15(26)9-25-17(27)16-13(23-24-25)3-2-4-14(16)32-33(28,29)30/h2-8,10H,9H2,1H3,(H,22,26)(H,28,29,30)/t10-/m0/s1. The van der Waals surface area contributed by atoms with Crippen molar-refractivity contribution in [3.63, 3.8) is 0 Å². The van der Waals surface area contributed by atoms with Crippen LogP contribution in [0.1, 0.15) is 18.5 Å². The molecule has 2 N–H and O–H groups in total. The zero-order valence-corrected chi connectivity index (χ0v) is 17.4. The van der Waals surface area contributed by atoms with Gasteiger partial charge in [0.1, 0.15) is 23.2 Å². The van der Waals surface area contributed by atoms with E-state index in [1.807, 2.05) is 0 Å². The Morgan fingerprint density at radius 1 is 1.21 bits per heavy atom. The van der Waals surface area contributed by atoms with Crippen molar-refractivity contribution in [3.05, 3.63) is 58.4 Å². The van der Waals surface area contributed by atoms with Gasteiger partial charge in [-0.3, -0.25) is 14.1 Å². The first-order chi connectivity index (χ1) is 15.3. The van der Waals surface area contributed by atoms with Gasteiger partial charge in [0.25, 0.3) is 5.56 Å². The van der Waals surface area contributed by atoms with E-state index in [0.717, 1.165) is 18.2 Å². The van der Waals surface area contributed by atoms with Gasteiger partial charge in [-0.05, 0) is 36.8 Å². The zero-order chi connectivity index (χ0) is 24.4. The molecule has 33 heavy (non-hydrogen) atoms. The highest BCUT2D eigenvalue weighted by Gasteiger charge is 2.31. The van der Waals surface area contributed by atoms with Gasteiger partial charge in [0.05, 0.1) is 6.04 Å². The quantitative estimate of drug-likeness (QED) is 0.474. The van der Waals surface area contributed by atoms with E-state index in [0.29, 0.717) is 10.2 Å². The van der Waals surface area contributed by atoms with E-state index in [1.165, 1.54) is 24.3 Å². The Balaban J connectivity index is 1.76. The molecule has 11 nitrogen and oxygen atoms in total. The minimum atomic E-state index is -4.93. The molecule has 0 bridgehead atoms. The number of rotatable bonds is 7.